The van der Waals surface area contributed by atoms with Gasteiger partial charge in [-0.05, 0) is 138 Å². The van der Waals surface area contributed by atoms with Crippen LogP contribution in [-0.4, -0.2) is 152 Å². The lowest BCUT2D eigenvalue weighted by Crippen LogP contribution is -2.36. The molecule has 3 amide bonds. The van der Waals surface area contributed by atoms with Gasteiger partial charge < -0.3 is 69.7 Å². The first kappa shape index (κ1) is 68.5. The van der Waals surface area contributed by atoms with E-state index in [1.807, 2.05) is 94.8 Å². The molecule has 2 fully saturated rings. The number of hydrogen-bond donors (Lipinski definition) is 7. The van der Waals surface area contributed by atoms with Gasteiger partial charge in [-0.3, -0.25) is 10.1 Å². The number of ether oxygens (including phenoxy) is 6. The summed E-state index contributed by atoms with van der Waals surface area (Å²) < 4.78 is 37.9. The van der Waals surface area contributed by atoms with Gasteiger partial charge in [-0.25, -0.2) is 43.7 Å². The van der Waals surface area contributed by atoms with Crippen molar-refractivity contribution < 1.29 is 52.7 Å². The number of nitrogen functional groups attached to an aromatic ring is 1. The van der Waals surface area contributed by atoms with Crippen LogP contribution in [0.15, 0.2) is 146 Å². The van der Waals surface area contributed by atoms with Gasteiger partial charge in [0.15, 0.2) is 28.9 Å². The van der Waals surface area contributed by atoms with E-state index in [0.717, 1.165) is 35.5 Å². The van der Waals surface area contributed by atoms with E-state index >= 15 is 0 Å². The number of aromatic carboxylic acids is 1. The molecule has 2 aliphatic rings. The van der Waals surface area contributed by atoms with Crippen LogP contribution in [0.1, 0.15) is 93.2 Å². The predicted octanol–water partition coefficient (Wildman–Crippen LogP) is 11.6. The number of hydrogen-bond acceptors (Lipinski definition) is 20. The number of carboxylic acids is 1. The van der Waals surface area contributed by atoms with Crippen molar-refractivity contribution in [2.75, 3.05) is 62.1 Å². The van der Waals surface area contributed by atoms with Crippen molar-refractivity contribution in [1.82, 2.24) is 59.3 Å². The van der Waals surface area contributed by atoms with Crippen LogP contribution in [0.2, 0.25) is 0 Å². The van der Waals surface area contributed by atoms with Crippen molar-refractivity contribution in [3.63, 3.8) is 0 Å². The highest BCUT2D eigenvalue weighted by molar-refractivity contribution is 6.03. The number of nitrogens with zero attached hydrogens (tertiary/aromatic N) is 11. The number of fused-ring (bicyclic) bond motifs is 2. The number of nitrogens with two attached hydrogens (primary N) is 1. The lowest BCUT2D eigenvalue weighted by Gasteiger charge is -2.24. The molecule has 0 radical (unpaired) electrons. The molecule has 0 spiro atoms. The van der Waals surface area contributed by atoms with Gasteiger partial charge in [-0.2, -0.15) is 15.5 Å². The number of nitrogens with one attached hydrogen (secondary N) is 5. The summed E-state index contributed by atoms with van der Waals surface area (Å²) in [6.07, 6.45) is 10.6. The van der Waals surface area contributed by atoms with E-state index < -0.39 is 17.2 Å². The molecule has 4 aromatic carbocycles. The number of imidazole rings is 2. The molecule has 2 aliphatic heterocycles. The molecule has 12 rings (SSSR count). The Bertz CT molecular complexity index is 4260. The number of rotatable bonds is 17. The highest BCUT2D eigenvalue weighted by Crippen LogP contribution is 2.38. The zero-order valence-electron chi connectivity index (χ0n) is 54.7. The zero-order valence-corrected chi connectivity index (χ0v) is 54.7. The maximum Gasteiger partial charge on any atom is 0.410 e. The van der Waals surface area contributed by atoms with Crippen LogP contribution in [0, 0.1) is 11.3 Å². The molecular weight excluding hydrogens is 1230 g/mol. The van der Waals surface area contributed by atoms with Crippen molar-refractivity contribution >= 4 is 69.7 Å². The van der Waals surface area contributed by atoms with Crippen molar-refractivity contribution in [2.45, 2.75) is 97.7 Å². The van der Waals surface area contributed by atoms with Crippen LogP contribution in [-0.2, 0) is 22.6 Å². The van der Waals surface area contributed by atoms with Crippen LogP contribution < -0.4 is 40.6 Å². The summed E-state index contributed by atoms with van der Waals surface area (Å²) in [7, 11) is 3.26. The Kier molecular flexibility index (Phi) is 22.2. The fourth-order valence-corrected chi connectivity index (χ4v) is 10.1. The molecule has 6 aromatic heterocycles. The Morgan fingerprint density at radius 1 is 0.594 bits per heavy atom. The first-order valence-electron chi connectivity index (χ1n) is 30.7. The minimum Gasteiger partial charge on any atom is -0.497 e. The average Bonchev–Trinajstić information content (AvgIpc) is 1.63. The van der Waals surface area contributed by atoms with E-state index in [-0.39, 0.29) is 35.7 Å². The van der Waals surface area contributed by atoms with E-state index in [1.165, 1.54) is 19.1 Å². The monoisotopic (exact) mass is 1310 g/mol. The second-order valence-electron chi connectivity index (χ2n) is 24.0. The lowest BCUT2D eigenvalue weighted by molar-refractivity contribution is 0.0283. The Morgan fingerprint density at radius 2 is 1.01 bits per heavy atom. The lowest BCUT2D eigenvalue weighted by atomic mass is 10.2. The van der Waals surface area contributed by atoms with Gasteiger partial charge in [-0.15, -0.1) is 0 Å². The fourth-order valence-electron chi connectivity index (χ4n) is 10.1. The highest BCUT2D eigenvalue weighted by atomic mass is 16.6. The van der Waals surface area contributed by atoms with Gasteiger partial charge >= 0.3 is 18.2 Å². The largest absolute Gasteiger partial charge is 0.497 e. The summed E-state index contributed by atoms with van der Waals surface area (Å²) in [5.74, 6) is 4.32. The third kappa shape index (κ3) is 18.7. The summed E-state index contributed by atoms with van der Waals surface area (Å²) in [5.41, 5.74) is 7.87. The number of anilines is 4. The van der Waals surface area contributed by atoms with Crippen LogP contribution in [0.4, 0.5) is 33.1 Å². The van der Waals surface area contributed by atoms with Gasteiger partial charge in [0, 0.05) is 100 Å². The van der Waals surface area contributed by atoms with Crippen molar-refractivity contribution in [3.8, 4) is 40.6 Å². The number of aromatic nitrogens is 10. The number of amides is 3. The molecule has 2 saturated heterocycles. The van der Waals surface area contributed by atoms with Crippen molar-refractivity contribution in [1.29, 1.82) is 5.26 Å². The predicted molar refractivity (Wildman–Crippen MR) is 360 cm³/mol. The van der Waals surface area contributed by atoms with E-state index in [1.54, 1.807) is 120 Å². The maximum atomic E-state index is 12.7. The second kappa shape index (κ2) is 31.2. The van der Waals surface area contributed by atoms with Crippen LogP contribution in [0.5, 0.6) is 34.5 Å². The van der Waals surface area contributed by atoms with Crippen molar-refractivity contribution in [2.24, 2.45) is 0 Å². The zero-order chi connectivity index (χ0) is 68.5. The Morgan fingerprint density at radius 3 is 1.38 bits per heavy atom. The Hall–Kier alpha value is -11.9. The number of nitriles is 1. The number of carboxylic acid groups (broad SMARTS) is 1. The number of benzene rings is 4. The first-order chi connectivity index (χ1) is 46.0. The van der Waals surface area contributed by atoms with Gasteiger partial charge in [0.2, 0.25) is 5.95 Å². The summed E-state index contributed by atoms with van der Waals surface area (Å²) in [5, 5.41) is 37.5. The molecule has 10 aromatic rings. The quantitative estimate of drug-likeness (QED) is 0.0445. The smallest absolute Gasteiger partial charge is 0.410 e. The fraction of sp³-hybridized carbons (Fsp3) is 0.309. The number of methoxy groups -OCH3 is 2. The second-order valence-corrected chi connectivity index (χ2v) is 24.0. The van der Waals surface area contributed by atoms with Gasteiger partial charge in [-0.1, -0.05) is 24.3 Å². The minimum absolute atomic E-state index is 0.0555. The van der Waals surface area contributed by atoms with E-state index in [4.69, 9.17) is 49.6 Å². The average molecular weight is 1310 g/mol. The molecule has 96 heavy (non-hydrogen) atoms. The summed E-state index contributed by atoms with van der Waals surface area (Å²) in [4.78, 5) is 75.1. The van der Waals surface area contributed by atoms with Crippen LogP contribution in [0.25, 0.3) is 22.1 Å². The SMILES string of the molecule is CC#N.COc1ccc(Cn2nc(N[C@@H]3CCN(C(=O)OC(C)(C)C)C3)c3c(Oc4ccc(C(=O)Nc5ncc[nH]5)cc4)ccnc32)cc1.COc1ccc(Cn2nc(N[C@@H]3CCN(C(=O)OC(C)(C)C)C3)c3c(Oc4ccc(C(=O)O)cc4)ccnc32)cc1.Nc1ncc[nH]1. The number of carbonyl (C=O) groups excluding carboxylic acids is 3. The maximum absolute atomic E-state index is 12.7. The molecule has 28 nitrogen and oxygen atoms in total. The van der Waals surface area contributed by atoms with Gasteiger partial charge in [0.05, 0.1) is 38.9 Å². The molecule has 0 aliphatic carbocycles. The van der Waals surface area contributed by atoms with Gasteiger partial charge in [0.25, 0.3) is 5.91 Å². The minimum atomic E-state index is -1.01. The topological polar surface area (TPSA) is 355 Å². The normalized spacial score (nSPS) is 14.1. The highest BCUT2D eigenvalue weighted by Gasteiger charge is 2.33. The number of pyridine rings is 2. The molecule has 0 saturated carbocycles. The number of H-pyrrole nitrogens is 2. The van der Waals surface area contributed by atoms with Gasteiger partial charge in [0.1, 0.15) is 56.5 Å². The number of aromatic amines is 2. The Labute approximate surface area is 553 Å². The van der Waals surface area contributed by atoms with Crippen LogP contribution in [0.3, 0.4) is 0 Å². The molecule has 0 bridgehead atoms. The van der Waals surface area contributed by atoms with Crippen LogP contribution >= 0.6 is 0 Å². The molecule has 8 heterocycles. The molecule has 2 atom stereocenters. The summed E-state index contributed by atoms with van der Waals surface area (Å²) in [6.45, 7) is 15.5. The molecule has 0 unspecified atom stereocenters. The third-order valence-electron chi connectivity index (χ3n) is 14.5. The Balaban J connectivity index is 0.000000200. The standard InChI is InChI=1S/C33H36N8O5.C30H33N5O6.C3H5N3.C2H3N/c1-33(2,3)46-32(43)40-18-14-23(20-40)37-28-27-26(45-25-11-7-22(8-12-25)30(42)38-31-35-16-17-36-31)13-15-34-29(27)41(39-28)19-21-5-9-24(44-4)10-6-21;1-30(2,3)41-29(38)34-16-14-21(18-34)32-26-25-24(40-23-11-7-20(8-12-23)28(36)37)13-15-31-27(25)35(33-26)17-19-5-9-22(39-4)10-6-19;4-3-5-1-2-6-3;1-2-3/h5-13,15-17,23H,14,18-20H2,1-4H3,(H,37,39)(H2,35,36,38,42);5-13,15,21H,14,16-18H2,1-4H3,(H,32,33)(H,36,37);1-2H,(H3,4,5,6);1H3/t23-;21-;;/m11../s1. The first-order valence-corrected chi connectivity index (χ1v) is 30.7. The molecule has 28 heteroatoms. The molecule has 500 valence electrons. The summed E-state index contributed by atoms with van der Waals surface area (Å²) in [6, 6.07) is 33.7. The van der Waals surface area contributed by atoms with E-state index in [0.29, 0.717) is 113 Å². The van der Waals surface area contributed by atoms with Crippen molar-refractivity contribution in [3.05, 3.63) is 169 Å². The summed E-state index contributed by atoms with van der Waals surface area (Å²) >= 11 is 0. The third-order valence-corrected chi connectivity index (χ3v) is 14.5. The number of carbonyl (C=O) groups is 4. The van der Waals surface area contributed by atoms with E-state index in [9.17, 15) is 24.3 Å². The number of likely N-dealkylation sites (tertiary alicyclic amines) is 2. The van der Waals surface area contributed by atoms with E-state index in [2.05, 4.69) is 45.9 Å². The molecule has 8 N–H and O–H groups in total. The molecular formula is C68H77N17O11.